The number of nitriles is 1. The third-order valence-corrected chi connectivity index (χ3v) is 3.69. The van der Waals surface area contributed by atoms with Crippen LogP contribution in [-0.4, -0.2) is 15.9 Å². The van der Waals surface area contributed by atoms with Crippen molar-refractivity contribution in [2.45, 2.75) is 6.18 Å². The van der Waals surface area contributed by atoms with Gasteiger partial charge in [-0.15, -0.1) is 0 Å². The van der Waals surface area contributed by atoms with E-state index in [0.717, 1.165) is 12.1 Å². The summed E-state index contributed by atoms with van der Waals surface area (Å²) in [5.74, 6) is -0.643. The molecule has 9 heteroatoms. The molecule has 0 saturated heterocycles. The van der Waals surface area contributed by atoms with E-state index in [2.05, 4.69) is 20.6 Å². The molecule has 1 amide bonds. The smallest absolute Gasteiger partial charge is 0.323 e. The van der Waals surface area contributed by atoms with E-state index in [1.807, 2.05) is 6.07 Å². The predicted molar refractivity (Wildman–Crippen MR) is 95.9 cm³/mol. The maximum absolute atomic E-state index is 13.0. The van der Waals surface area contributed by atoms with E-state index in [-0.39, 0.29) is 17.2 Å². The molecule has 0 saturated carbocycles. The maximum atomic E-state index is 13.0. The molecule has 0 aliphatic carbocycles. The van der Waals surface area contributed by atoms with Crippen LogP contribution in [0.25, 0.3) is 0 Å². The highest BCUT2D eigenvalue weighted by molar-refractivity contribution is 6.04. The quantitative estimate of drug-likeness (QED) is 0.698. The van der Waals surface area contributed by atoms with Crippen molar-refractivity contribution < 1.29 is 18.0 Å². The van der Waals surface area contributed by atoms with Gasteiger partial charge in [0.05, 0.1) is 28.1 Å². The molecule has 28 heavy (non-hydrogen) atoms. The number of hydrogen-bond acceptors (Lipinski definition) is 5. The van der Waals surface area contributed by atoms with Crippen molar-refractivity contribution in [1.82, 2.24) is 9.97 Å². The van der Waals surface area contributed by atoms with E-state index < -0.39 is 17.6 Å². The Bertz CT molecular complexity index is 1040. The molecule has 140 valence electrons. The molecule has 0 fully saturated rings. The Hall–Kier alpha value is -3.93. The Labute approximate surface area is 157 Å². The number of carbonyl (C=O) groups excluding carboxylic acids is 1. The van der Waals surface area contributed by atoms with Crippen LogP contribution in [0.2, 0.25) is 0 Å². The van der Waals surface area contributed by atoms with Crippen molar-refractivity contribution in [2.24, 2.45) is 0 Å². The highest BCUT2D eigenvalue weighted by Gasteiger charge is 2.33. The zero-order valence-electron chi connectivity index (χ0n) is 14.2. The number of benzene rings is 2. The van der Waals surface area contributed by atoms with Crippen LogP contribution in [0, 0.1) is 11.3 Å². The van der Waals surface area contributed by atoms with E-state index in [1.165, 1.54) is 24.5 Å². The van der Waals surface area contributed by atoms with Gasteiger partial charge in [0.15, 0.2) is 0 Å². The zero-order valence-corrected chi connectivity index (χ0v) is 14.2. The number of nitrogens with zero attached hydrogens (tertiary/aromatic N) is 3. The molecule has 1 aromatic heterocycles. The number of nitrogens with one attached hydrogen (secondary N) is 2. The van der Waals surface area contributed by atoms with Crippen LogP contribution in [-0.2, 0) is 6.18 Å². The standard InChI is InChI=1S/C19H12F3N5O/c20-19(21,22)14-6-2-4-8-16(14)26-17(28)13-10-24-18(25-11-13)27-15-7-3-1-5-12(15)9-23/h1-8,10-11H,(H,26,28)(H,24,25,27). The van der Waals surface area contributed by atoms with Gasteiger partial charge in [-0.25, -0.2) is 9.97 Å². The normalized spacial score (nSPS) is 10.8. The lowest BCUT2D eigenvalue weighted by atomic mass is 10.1. The molecule has 0 unspecified atom stereocenters. The average Bonchev–Trinajstić information content (AvgIpc) is 2.68. The number of halogens is 3. The highest BCUT2D eigenvalue weighted by atomic mass is 19.4. The molecule has 0 atom stereocenters. The lowest BCUT2D eigenvalue weighted by molar-refractivity contribution is -0.136. The summed E-state index contributed by atoms with van der Waals surface area (Å²) >= 11 is 0. The summed E-state index contributed by atoms with van der Waals surface area (Å²) < 4.78 is 39.0. The summed E-state index contributed by atoms with van der Waals surface area (Å²) in [6.45, 7) is 0. The third kappa shape index (κ3) is 4.24. The number of rotatable bonds is 4. The minimum Gasteiger partial charge on any atom is -0.323 e. The first kappa shape index (κ1) is 18.8. The fraction of sp³-hybridized carbons (Fsp3) is 0.0526. The van der Waals surface area contributed by atoms with E-state index in [1.54, 1.807) is 24.3 Å². The van der Waals surface area contributed by atoms with Crippen molar-refractivity contribution in [1.29, 1.82) is 5.26 Å². The molecule has 0 spiro atoms. The minimum absolute atomic E-state index is 0.0175. The summed E-state index contributed by atoms with van der Waals surface area (Å²) in [6.07, 6.45) is -2.24. The van der Waals surface area contributed by atoms with Crippen LogP contribution >= 0.6 is 0 Å². The van der Waals surface area contributed by atoms with Gasteiger partial charge in [-0.2, -0.15) is 18.4 Å². The first-order valence-corrected chi connectivity index (χ1v) is 7.94. The van der Waals surface area contributed by atoms with E-state index in [0.29, 0.717) is 11.3 Å². The Balaban J connectivity index is 1.76. The number of para-hydroxylation sites is 2. The summed E-state index contributed by atoms with van der Waals surface area (Å²) in [6, 6.07) is 13.4. The average molecular weight is 383 g/mol. The summed E-state index contributed by atoms with van der Waals surface area (Å²) in [5.41, 5.74) is -0.449. The minimum atomic E-state index is -4.59. The third-order valence-electron chi connectivity index (χ3n) is 3.69. The van der Waals surface area contributed by atoms with Crippen molar-refractivity contribution in [3.8, 4) is 6.07 Å². The fourth-order valence-electron chi connectivity index (χ4n) is 2.35. The molecular formula is C19H12F3N5O. The van der Waals surface area contributed by atoms with E-state index >= 15 is 0 Å². The van der Waals surface area contributed by atoms with Gasteiger partial charge < -0.3 is 10.6 Å². The number of anilines is 3. The lowest BCUT2D eigenvalue weighted by Gasteiger charge is -2.13. The molecule has 3 rings (SSSR count). The summed E-state index contributed by atoms with van der Waals surface area (Å²) in [7, 11) is 0. The second-order valence-electron chi connectivity index (χ2n) is 5.58. The predicted octanol–water partition coefficient (Wildman–Crippen LogP) is 4.36. The Kier molecular flexibility index (Phi) is 5.22. The molecule has 0 aliphatic rings. The van der Waals surface area contributed by atoms with Crippen LogP contribution < -0.4 is 10.6 Å². The maximum Gasteiger partial charge on any atom is 0.418 e. The molecular weight excluding hydrogens is 371 g/mol. The van der Waals surface area contributed by atoms with Crippen molar-refractivity contribution >= 4 is 23.2 Å². The molecule has 0 radical (unpaired) electrons. The monoisotopic (exact) mass is 383 g/mol. The first-order valence-electron chi connectivity index (χ1n) is 7.94. The molecule has 0 aliphatic heterocycles. The van der Waals surface area contributed by atoms with Gasteiger partial charge in [-0.05, 0) is 24.3 Å². The Morgan fingerprint density at radius 2 is 1.57 bits per heavy atom. The topological polar surface area (TPSA) is 90.7 Å². The molecule has 2 N–H and O–H groups in total. The Morgan fingerprint density at radius 1 is 0.964 bits per heavy atom. The van der Waals surface area contributed by atoms with Gasteiger partial charge in [-0.3, -0.25) is 4.79 Å². The lowest BCUT2D eigenvalue weighted by Crippen LogP contribution is -2.17. The molecule has 3 aromatic rings. The van der Waals surface area contributed by atoms with Gasteiger partial charge in [0.2, 0.25) is 5.95 Å². The van der Waals surface area contributed by atoms with Gasteiger partial charge >= 0.3 is 6.18 Å². The second-order valence-corrected chi connectivity index (χ2v) is 5.58. The van der Waals surface area contributed by atoms with Gasteiger partial charge in [0, 0.05) is 12.4 Å². The fourth-order valence-corrected chi connectivity index (χ4v) is 2.35. The van der Waals surface area contributed by atoms with Gasteiger partial charge in [0.1, 0.15) is 6.07 Å². The highest BCUT2D eigenvalue weighted by Crippen LogP contribution is 2.34. The molecule has 0 bridgehead atoms. The van der Waals surface area contributed by atoms with Crippen LogP contribution in [0.15, 0.2) is 60.9 Å². The second kappa shape index (κ2) is 7.75. The number of carbonyl (C=O) groups is 1. The number of aromatic nitrogens is 2. The van der Waals surface area contributed by atoms with E-state index in [9.17, 15) is 18.0 Å². The van der Waals surface area contributed by atoms with Gasteiger partial charge in [0.25, 0.3) is 5.91 Å². The van der Waals surface area contributed by atoms with E-state index in [4.69, 9.17) is 5.26 Å². The van der Waals surface area contributed by atoms with Crippen LogP contribution in [0.1, 0.15) is 21.5 Å². The van der Waals surface area contributed by atoms with Crippen LogP contribution in [0.3, 0.4) is 0 Å². The zero-order chi connectivity index (χ0) is 20.1. The van der Waals surface area contributed by atoms with Crippen LogP contribution in [0.5, 0.6) is 0 Å². The largest absolute Gasteiger partial charge is 0.418 e. The number of amides is 1. The summed E-state index contributed by atoms with van der Waals surface area (Å²) in [5, 5.41) is 14.1. The van der Waals surface area contributed by atoms with Gasteiger partial charge in [-0.1, -0.05) is 24.3 Å². The Morgan fingerprint density at radius 3 is 2.21 bits per heavy atom. The van der Waals surface area contributed by atoms with Crippen LogP contribution in [0.4, 0.5) is 30.5 Å². The molecule has 6 nitrogen and oxygen atoms in total. The molecule has 2 aromatic carbocycles. The SMILES string of the molecule is N#Cc1ccccc1Nc1ncc(C(=O)Nc2ccccc2C(F)(F)F)cn1. The molecule has 1 heterocycles. The number of alkyl halides is 3. The van der Waals surface area contributed by atoms with Crippen molar-refractivity contribution in [3.05, 3.63) is 77.6 Å². The number of hydrogen-bond donors (Lipinski definition) is 2. The van der Waals surface area contributed by atoms with Crippen molar-refractivity contribution in [2.75, 3.05) is 10.6 Å². The first-order chi connectivity index (χ1) is 13.4. The van der Waals surface area contributed by atoms with Crippen molar-refractivity contribution in [3.63, 3.8) is 0 Å². The summed E-state index contributed by atoms with van der Waals surface area (Å²) in [4.78, 5) is 20.2.